The van der Waals surface area contributed by atoms with Crippen LogP contribution in [-0.4, -0.2) is 71.2 Å². The van der Waals surface area contributed by atoms with Gasteiger partial charge >= 0.3 is 6.09 Å². The molecule has 2 aromatic rings. The maximum atomic E-state index is 11.7. The van der Waals surface area contributed by atoms with Crippen LogP contribution < -0.4 is 0 Å². The summed E-state index contributed by atoms with van der Waals surface area (Å²) in [5.41, 5.74) is 2.07. The molecular weight excluding hydrogens is 360 g/mol. The maximum absolute atomic E-state index is 11.7. The van der Waals surface area contributed by atoms with Crippen LogP contribution in [0.4, 0.5) is 4.79 Å². The van der Waals surface area contributed by atoms with E-state index in [2.05, 4.69) is 49.0 Å². The summed E-state index contributed by atoms with van der Waals surface area (Å²) in [6, 6.07) is 6.60. The van der Waals surface area contributed by atoms with Gasteiger partial charge in [0.1, 0.15) is 5.01 Å². The fourth-order valence-corrected chi connectivity index (χ4v) is 5.40. The largest absolute Gasteiger partial charge is 0.465 e. The van der Waals surface area contributed by atoms with E-state index in [1.54, 1.807) is 16.2 Å². The van der Waals surface area contributed by atoms with Gasteiger partial charge < -0.3 is 14.9 Å². The van der Waals surface area contributed by atoms with E-state index in [1.165, 1.54) is 4.70 Å². The van der Waals surface area contributed by atoms with Crippen molar-refractivity contribution in [2.45, 2.75) is 31.8 Å². The van der Waals surface area contributed by atoms with Crippen molar-refractivity contribution in [3.8, 4) is 0 Å². The van der Waals surface area contributed by atoms with Gasteiger partial charge in [0.2, 0.25) is 0 Å². The van der Waals surface area contributed by atoms with E-state index in [0.29, 0.717) is 18.5 Å². The number of likely N-dealkylation sites (tertiary alicyclic amines) is 1. The number of piperazine rings is 1. The van der Waals surface area contributed by atoms with Gasteiger partial charge in [-0.2, -0.15) is 0 Å². The number of amides is 1. The molecule has 146 valence electrons. The minimum absolute atomic E-state index is 0.0586. The Balaban J connectivity index is 1.63. The molecule has 0 saturated carbocycles. The van der Waals surface area contributed by atoms with Gasteiger partial charge in [0.15, 0.2) is 0 Å². The first-order valence-corrected chi connectivity index (χ1v) is 10.5. The minimum Gasteiger partial charge on any atom is -0.465 e. The highest BCUT2D eigenvalue weighted by Crippen LogP contribution is 2.37. The summed E-state index contributed by atoms with van der Waals surface area (Å²) < 4.78 is 1.18. The SMILES string of the molecule is C[C@H]1CC[C@H](c2ccc3sc(C4CN(C)CCN4C)nc3c2)N(C(=O)O)C1. The number of carbonyl (C=O) groups is 1. The molecule has 2 aliphatic rings. The van der Waals surface area contributed by atoms with E-state index in [4.69, 9.17) is 4.98 Å². The second-order valence-electron chi connectivity index (χ2n) is 8.17. The second-order valence-corrected chi connectivity index (χ2v) is 9.23. The lowest BCUT2D eigenvalue weighted by Crippen LogP contribution is -2.44. The number of carboxylic acid groups (broad SMARTS) is 1. The number of thiazole rings is 1. The maximum Gasteiger partial charge on any atom is 0.407 e. The molecule has 4 rings (SSSR count). The van der Waals surface area contributed by atoms with Gasteiger partial charge in [0, 0.05) is 26.2 Å². The van der Waals surface area contributed by atoms with Gasteiger partial charge in [-0.25, -0.2) is 9.78 Å². The van der Waals surface area contributed by atoms with Crippen molar-refractivity contribution in [2.24, 2.45) is 5.92 Å². The Kier molecular flexibility index (Phi) is 5.09. The molecule has 2 aliphatic heterocycles. The van der Waals surface area contributed by atoms with Gasteiger partial charge in [-0.15, -0.1) is 11.3 Å². The summed E-state index contributed by atoms with van der Waals surface area (Å²) in [6.45, 7) is 5.87. The summed E-state index contributed by atoms with van der Waals surface area (Å²) in [5.74, 6) is 0.422. The molecule has 6 nitrogen and oxygen atoms in total. The molecule has 1 N–H and O–H groups in total. The Morgan fingerprint density at radius 3 is 2.78 bits per heavy atom. The number of likely N-dealkylation sites (N-methyl/N-ethyl adjacent to an activating group) is 2. The Morgan fingerprint density at radius 1 is 1.19 bits per heavy atom. The number of nitrogens with zero attached hydrogens (tertiary/aromatic N) is 4. The van der Waals surface area contributed by atoms with Crippen LogP contribution in [0.3, 0.4) is 0 Å². The van der Waals surface area contributed by atoms with E-state index < -0.39 is 6.09 Å². The molecule has 2 saturated heterocycles. The van der Waals surface area contributed by atoms with Crippen LogP contribution in [0.2, 0.25) is 0 Å². The molecule has 3 heterocycles. The number of hydrogen-bond acceptors (Lipinski definition) is 5. The van der Waals surface area contributed by atoms with E-state index in [1.807, 2.05) is 0 Å². The number of rotatable bonds is 2. The molecule has 7 heteroatoms. The lowest BCUT2D eigenvalue weighted by Gasteiger charge is -2.37. The average Bonchev–Trinajstić information content (AvgIpc) is 3.06. The topological polar surface area (TPSA) is 59.9 Å². The molecule has 0 spiro atoms. The standard InChI is InChI=1S/C20H28N4O2S/c1-13-4-6-16(24(11-13)20(25)26)14-5-7-18-15(10-14)21-19(27-18)17-12-22(2)8-9-23(17)3/h5,7,10,13,16-17H,4,6,8-9,11-12H2,1-3H3,(H,25,26)/t13-,16+,17?/m0/s1. The molecule has 1 unspecified atom stereocenters. The van der Waals surface area contributed by atoms with E-state index >= 15 is 0 Å². The highest BCUT2D eigenvalue weighted by Gasteiger charge is 2.31. The highest BCUT2D eigenvalue weighted by molar-refractivity contribution is 7.18. The molecule has 3 atom stereocenters. The van der Waals surface area contributed by atoms with Crippen molar-refractivity contribution in [3.05, 3.63) is 28.8 Å². The quantitative estimate of drug-likeness (QED) is 0.851. The Morgan fingerprint density at radius 2 is 2.00 bits per heavy atom. The first kappa shape index (κ1) is 18.7. The Hall–Kier alpha value is -1.70. The summed E-state index contributed by atoms with van der Waals surface area (Å²) in [5, 5.41) is 10.8. The number of benzene rings is 1. The minimum atomic E-state index is -0.822. The van der Waals surface area contributed by atoms with Crippen molar-refractivity contribution in [2.75, 3.05) is 40.3 Å². The molecule has 0 bridgehead atoms. The van der Waals surface area contributed by atoms with Crippen LogP contribution >= 0.6 is 11.3 Å². The molecular formula is C20H28N4O2S. The third-order valence-corrected chi connectivity index (χ3v) is 7.15. The lowest BCUT2D eigenvalue weighted by atomic mass is 9.90. The van der Waals surface area contributed by atoms with Crippen LogP contribution in [0, 0.1) is 5.92 Å². The van der Waals surface area contributed by atoms with Gasteiger partial charge in [0.25, 0.3) is 0 Å². The second kappa shape index (κ2) is 7.37. The zero-order chi connectivity index (χ0) is 19.1. The molecule has 2 fully saturated rings. The predicted octanol–water partition coefficient (Wildman–Crippen LogP) is 3.67. The van der Waals surface area contributed by atoms with Gasteiger partial charge in [-0.1, -0.05) is 13.0 Å². The van der Waals surface area contributed by atoms with Gasteiger partial charge in [-0.05, 0) is 50.6 Å². The third-order valence-electron chi connectivity index (χ3n) is 6.01. The zero-order valence-corrected chi connectivity index (χ0v) is 17.1. The summed E-state index contributed by atoms with van der Waals surface area (Å²) in [6.07, 6.45) is 1.12. The summed E-state index contributed by atoms with van der Waals surface area (Å²) >= 11 is 1.76. The van der Waals surface area contributed by atoms with Crippen LogP contribution in [0.25, 0.3) is 10.2 Å². The monoisotopic (exact) mass is 388 g/mol. The molecule has 27 heavy (non-hydrogen) atoms. The van der Waals surface area contributed by atoms with Crippen LogP contribution in [0.1, 0.15) is 42.4 Å². The molecule has 0 radical (unpaired) electrons. The van der Waals surface area contributed by atoms with E-state index in [9.17, 15) is 9.90 Å². The van der Waals surface area contributed by atoms with Crippen molar-refractivity contribution in [3.63, 3.8) is 0 Å². The third kappa shape index (κ3) is 3.68. The van der Waals surface area contributed by atoms with E-state index in [0.717, 1.165) is 48.6 Å². The van der Waals surface area contributed by atoms with Crippen molar-refractivity contribution < 1.29 is 9.90 Å². The lowest BCUT2D eigenvalue weighted by molar-refractivity contribution is 0.0900. The number of aromatic nitrogens is 1. The fraction of sp³-hybridized carbons (Fsp3) is 0.600. The van der Waals surface area contributed by atoms with Crippen LogP contribution in [-0.2, 0) is 0 Å². The van der Waals surface area contributed by atoms with E-state index in [-0.39, 0.29) is 6.04 Å². The zero-order valence-electron chi connectivity index (χ0n) is 16.3. The highest BCUT2D eigenvalue weighted by atomic mass is 32.1. The number of fused-ring (bicyclic) bond motifs is 1. The normalized spacial score (nSPS) is 28.0. The first-order valence-electron chi connectivity index (χ1n) is 9.71. The Labute approximate surface area is 164 Å². The summed E-state index contributed by atoms with van der Waals surface area (Å²) in [7, 11) is 4.33. The van der Waals surface area contributed by atoms with Crippen molar-refractivity contribution in [1.29, 1.82) is 0 Å². The fourth-order valence-electron chi connectivity index (χ4n) is 4.30. The van der Waals surface area contributed by atoms with Gasteiger partial charge in [0.05, 0.1) is 22.3 Å². The van der Waals surface area contributed by atoms with Crippen LogP contribution in [0.15, 0.2) is 18.2 Å². The number of hydrogen-bond donors (Lipinski definition) is 1. The Bertz CT molecular complexity index is 838. The smallest absolute Gasteiger partial charge is 0.407 e. The van der Waals surface area contributed by atoms with Crippen molar-refractivity contribution in [1.82, 2.24) is 19.7 Å². The first-order chi connectivity index (χ1) is 12.9. The van der Waals surface area contributed by atoms with Gasteiger partial charge in [-0.3, -0.25) is 4.90 Å². The number of piperidine rings is 1. The average molecular weight is 389 g/mol. The molecule has 1 amide bonds. The summed E-state index contributed by atoms with van der Waals surface area (Å²) in [4.78, 5) is 23.0. The van der Waals surface area contributed by atoms with Crippen LogP contribution in [0.5, 0.6) is 0 Å². The molecule has 1 aromatic carbocycles. The van der Waals surface area contributed by atoms with Crippen molar-refractivity contribution >= 4 is 27.6 Å². The molecule has 0 aliphatic carbocycles. The predicted molar refractivity (Wildman–Crippen MR) is 108 cm³/mol. The molecule has 1 aromatic heterocycles.